The van der Waals surface area contributed by atoms with E-state index in [0.717, 1.165) is 36.4 Å². The van der Waals surface area contributed by atoms with Gasteiger partial charge in [0, 0.05) is 17.6 Å². The number of nitrogens with zero attached hydrogens (tertiary/aromatic N) is 2. The first-order valence-electron chi connectivity index (χ1n) is 14.0. The second-order valence-electron chi connectivity index (χ2n) is 10.3. The van der Waals surface area contributed by atoms with Gasteiger partial charge in [-0.05, 0) is 61.2 Å². The van der Waals surface area contributed by atoms with Crippen LogP contribution >= 0.6 is 34.8 Å². The fourth-order valence-corrected chi connectivity index (χ4v) is 7.08. The van der Waals surface area contributed by atoms with Crippen molar-refractivity contribution >= 4 is 62.3 Å². The monoisotopic (exact) mass is 649 g/mol. The minimum atomic E-state index is -4.21. The molecular weight excluding hydrogens is 617 g/mol. The first-order valence-corrected chi connectivity index (χ1v) is 16.5. The van der Waals surface area contributed by atoms with Gasteiger partial charge in [0.1, 0.15) is 12.6 Å². The van der Waals surface area contributed by atoms with E-state index < -0.39 is 28.5 Å². The van der Waals surface area contributed by atoms with Crippen LogP contribution in [-0.2, 0) is 26.2 Å². The molecule has 7 nitrogen and oxygen atoms in total. The van der Waals surface area contributed by atoms with Gasteiger partial charge in [-0.25, -0.2) is 8.42 Å². The molecule has 2 amide bonds. The Kier molecular flexibility index (Phi) is 11.2. The van der Waals surface area contributed by atoms with Gasteiger partial charge >= 0.3 is 0 Å². The second kappa shape index (κ2) is 14.6. The maximum absolute atomic E-state index is 14.2. The molecule has 42 heavy (non-hydrogen) atoms. The van der Waals surface area contributed by atoms with Crippen LogP contribution in [0.4, 0.5) is 5.69 Å². The summed E-state index contributed by atoms with van der Waals surface area (Å²) in [5.41, 5.74) is 0.808. The molecule has 1 saturated carbocycles. The van der Waals surface area contributed by atoms with E-state index in [4.69, 9.17) is 34.8 Å². The Labute approximate surface area is 262 Å². The lowest BCUT2D eigenvalue weighted by Gasteiger charge is -2.34. The van der Waals surface area contributed by atoms with E-state index in [1.807, 2.05) is 6.92 Å². The number of anilines is 1. The largest absolute Gasteiger partial charge is 0.352 e. The van der Waals surface area contributed by atoms with Gasteiger partial charge in [-0.1, -0.05) is 97.4 Å². The summed E-state index contributed by atoms with van der Waals surface area (Å²) in [7, 11) is -4.21. The number of rotatable bonds is 11. The van der Waals surface area contributed by atoms with E-state index in [0.29, 0.717) is 17.0 Å². The summed E-state index contributed by atoms with van der Waals surface area (Å²) in [5, 5.41) is 3.96. The topological polar surface area (TPSA) is 86.8 Å². The van der Waals surface area contributed by atoms with Gasteiger partial charge in [-0.3, -0.25) is 13.9 Å². The molecule has 0 saturated heterocycles. The Balaban J connectivity index is 1.72. The van der Waals surface area contributed by atoms with Crippen LogP contribution in [0.15, 0.2) is 77.7 Å². The minimum absolute atomic E-state index is 0.00334. The molecule has 0 aliphatic heterocycles. The third-order valence-electron chi connectivity index (χ3n) is 7.44. The standard InChI is InChI=1S/C31H34Cl3N3O4S/c1-2-29(31(39)35-23-12-5-3-6-13-23)36(20-22-11-9-10-16-26(22)32)30(38)21-37(24-17-18-27(33)28(34)19-24)42(40,41)25-14-7-4-8-15-25/h4,7-11,14-19,23,29H,2-3,5-6,12-13,20-21H2,1H3,(H,35,39). The number of amides is 2. The Morgan fingerprint density at radius 2 is 1.55 bits per heavy atom. The van der Waals surface area contributed by atoms with E-state index in [1.165, 1.54) is 35.2 Å². The first-order chi connectivity index (χ1) is 20.1. The molecule has 1 atom stereocenters. The quantitative estimate of drug-likeness (QED) is 0.240. The molecule has 1 fully saturated rings. The van der Waals surface area contributed by atoms with Crippen molar-refractivity contribution in [2.45, 2.75) is 69.0 Å². The number of hydrogen-bond donors (Lipinski definition) is 1. The van der Waals surface area contributed by atoms with Gasteiger partial charge in [0.15, 0.2) is 0 Å². The summed E-state index contributed by atoms with van der Waals surface area (Å²) in [6.45, 7) is 1.28. The summed E-state index contributed by atoms with van der Waals surface area (Å²) in [6.07, 6.45) is 5.33. The van der Waals surface area contributed by atoms with Crippen LogP contribution in [0, 0.1) is 0 Å². The van der Waals surface area contributed by atoms with Crippen LogP contribution in [0.2, 0.25) is 15.1 Å². The molecule has 3 aromatic carbocycles. The molecule has 1 unspecified atom stereocenters. The summed E-state index contributed by atoms with van der Waals surface area (Å²) in [6, 6.07) is 18.5. The number of hydrogen-bond acceptors (Lipinski definition) is 4. The van der Waals surface area contributed by atoms with Crippen molar-refractivity contribution in [3.8, 4) is 0 Å². The molecule has 0 spiro atoms. The van der Waals surface area contributed by atoms with Crippen LogP contribution < -0.4 is 9.62 Å². The zero-order valence-electron chi connectivity index (χ0n) is 23.3. The van der Waals surface area contributed by atoms with Gasteiger partial charge < -0.3 is 10.2 Å². The number of nitrogens with one attached hydrogen (secondary N) is 1. The van der Waals surface area contributed by atoms with Crippen molar-refractivity contribution < 1.29 is 18.0 Å². The van der Waals surface area contributed by atoms with Crippen molar-refractivity contribution in [1.29, 1.82) is 0 Å². The van der Waals surface area contributed by atoms with Crippen LogP contribution in [0.3, 0.4) is 0 Å². The number of carbonyl (C=O) groups excluding carboxylic acids is 2. The van der Waals surface area contributed by atoms with E-state index >= 15 is 0 Å². The number of benzene rings is 3. The third-order valence-corrected chi connectivity index (χ3v) is 10.3. The van der Waals surface area contributed by atoms with Gasteiger partial charge in [0.2, 0.25) is 11.8 Å². The summed E-state index contributed by atoms with van der Waals surface area (Å²) in [4.78, 5) is 29.2. The van der Waals surface area contributed by atoms with Crippen LogP contribution in [-0.4, -0.2) is 43.8 Å². The SMILES string of the molecule is CCC(C(=O)NC1CCCCC1)N(Cc1ccccc1Cl)C(=O)CN(c1ccc(Cl)c(Cl)c1)S(=O)(=O)c1ccccc1. The molecule has 1 aliphatic rings. The lowest BCUT2D eigenvalue weighted by atomic mass is 9.95. The van der Waals surface area contributed by atoms with Crippen LogP contribution in [0.25, 0.3) is 0 Å². The Morgan fingerprint density at radius 3 is 2.19 bits per heavy atom. The maximum atomic E-state index is 14.2. The predicted molar refractivity (Wildman–Crippen MR) is 169 cm³/mol. The summed E-state index contributed by atoms with van der Waals surface area (Å²) in [5.74, 6) is -0.831. The van der Waals surface area contributed by atoms with Gasteiger partial charge in [0.05, 0.1) is 20.6 Å². The smallest absolute Gasteiger partial charge is 0.264 e. The molecule has 0 aromatic heterocycles. The number of sulfonamides is 1. The van der Waals surface area contributed by atoms with Crippen molar-refractivity contribution in [2.24, 2.45) is 0 Å². The van der Waals surface area contributed by atoms with Gasteiger partial charge in [-0.2, -0.15) is 0 Å². The molecule has 0 radical (unpaired) electrons. The second-order valence-corrected chi connectivity index (χ2v) is 13.4. The van der Waals surface area contributed by atoms with Gasteiger partial charge in [0.25, 0.3) is 10.0 Å². The summed E-state index contributed by atoms with van der Waals surface area (Å²) >= 11 is 18.9. The van der Waals surface area contributed by atoms with Crippen molar-refractivity contribution in [3.63, 3.8) is 0 Å². The lowest BCUT2D eigenvalue weighted by molar-refractivity contribution is -0.140. The third kappa shape index (κ3) is 7.78. The first kappa shape index (κ1) is 32.1. The molecule has 224 valence electrons. The predicted octanol–water partition coefficient (Wildman–Crippen LogP) is 7.10. The fraction of sp³-hybridized carbons (Fsp3) is 0.355. The van der Waals surface area contributed by atoms with Crippen molar-refractivity contribution in [1.82, 2.24) is 10.2 Å². The average Bonchev–Trinajstić information content (AvgIpc) is 2.99. The highest BCUT2D eigenvalue weighted by Crippen LogP contribution is 2.31. The molecule has 11 heteroatoms. The molecule has 3 aromatic rings. The van der Waals surface area contributed by atoms with E-state index in [2.05, 4.69) is 5.32 Å². The number of carbonyl (C=O) groups is 2. The normalized spacial score (nSPS) is 14.7. The zero-order chi connectivity index (χ0) is 30.3. The van der Waals surface area contributed by atoms with E-state index in [1.54, 1.807) is 42.5 Å². The number of halogens is 3. The Morgan fingerprint density at radius 1 is 0.881 bits per heavy atom. The Hall–Kier alpha value is -2.78. The molecule has 4 rings (SSSR count). The lowest BCUT2D eigenvalue weighted by Crippen LogP contribution is -2.54. The highest BCUT2D eigenvalue weighted by molar-refractivity contribution is 7.92. The molecular formula is C31H34Cl3N3O4S. The highest BCUT2D eigenvalue weighted by Gasteiger charge is 2.34. The van der Waals surface area contributed by atoms with Gasteiger partial charge in [-0.15, -0.1) is 0 Å². The molecule has 1 N–H and O–H groups in total. The average molecular weight is 651 g/mol. The zero-order valence-corrected chi connectivity index (χ0v) is 26.4. The minimum Gasteiger partial charge on any atom is -0.352 e. The van der Waals surface area contributed by atoms with Crippen molar-refractivity contribution in [2.75, 3.05) is 10.8 Å². The highest BCUT2D eigenvalue weighted by atomic mass is 35.5. The van der Waals surface area contributed by atoms with Crippen LogP contribution in [0.1, 0.15) is 51.0 Å². The maximum Gasteiger partial charge on any atom is 0.264 e. The molecule has 0 heterocycles. The summed E-state index contributed by atoms with van der Waals surface area (Å²) < 4.78 is 28.8. The van der Waals surface area contributed by atoms with E-state index in [9.17, 15) is 18.0 Å². The molecule has 0 bridgehead atoms. The van der Waals surface area contributed by atoms with E-state index in [-0.39, 0.29) is 39.1 Å². The van der Waals surface area contributed by atoms with Crippen molar-refractivity contribution in [3.05, 3.63) is 93.4 Å². The van der Waals surface area contributed by atoms with Crippen LogP contribution in [0.5, 0.6) is 0 Å². The fourth-order valence-electron chi connectivity index (χ4n) is 5.16. The Bertz CT molecular complexity index is 1500. The molecule has 1 aliphatic carbocycles.